The smallest absolute Gasteiger partial charge is 0.354 e. The fraction of sp³-hybridized carbons (Fsp3) is 0.375. The van der Waals surface area contributed by atoms with Crippen molar-refractivity contribution in [3.8, 4) is 10.4 Å². The molecule has 34 heavy (non-hydrogen) atoms. The molecule has 0 aliphatic heterocycles. The molecule has 4 rings (SSSR count). The van der Waals surface area contributed by atoms with Crippen molar-refractivity contribution in [2.45, 2.75) is 45.6 Å². The fourth-order valence-electron chi connectivity index (χ4n) is 4.67. The van der Waals surface area contributed by atoms with Crippen molar-refractivity contribution in [3.63, 3.8) is 0 Å². The van der Waals surface area contributed by atoms with Crippen molar-refractivity contribution < 1.29 is 24.9 Å². The van der Waals surface area contributed by atoms with E-state index in [1.165, 1.54) is 23.6 Å². The zero-order valence-corrected chi connectivity index (χ0v) is 19.9. The minimum Gasteiger partial charge on any atom is -0.481 e. The summed E-state index contributed by atoms with van der Waals surface area (Å²) in [4.78, 5) is 36.2. The highest BCUT2D eigenvalue weighted by atomic mass is 32.1. The maximum Gasteiger partial charge on any atom is 0.354 e. The lowest BCUT2D eigenvalue weighted by atomic mass is 9.63. The summed E-state index contributed by atoms with van der Waals surface area (Å²) >= 11 is 1.39. The normalized spacial score (nSPS) is 21.7. The number of thiazole rings is 1. The van der Waals surface area contributed by atoms with Gasteiger partial charge in [0, 0.05) is 18.1 Å². The van der Waals surface area contributed by atoms with Crippen LogP contribution in [0, 0.1) is 18.3 Å². The molecule has 0 saturated heterocycles. The summed E-state index contributed by atoms with van der Waals surface area (Å²) < 4.78 is 0. The lowest BCUT2D eigenvalue weighted by molar-refractivity contribution is -0.154. The summed E-state index contributed by atoms with van der Waals surface area (Å²) in [7, 11) is 0. The van der Waals surface area contributed by atoms with Crippen LogP contribution in [0.4, 0.5) is 11.6 Å². The second-order valence-electron chi connectivity index (χ2n) is 9.44. The number of rotatable bonds is 6. The van der Waals surface area contributed by atoms with E-state index < -0.39 is 28.9 Å². The lowest BCUT2D eigenvalue weighted by Gasteiger charge is -2.44. The Kier molecular flexibility index (Phi) is 6.13. The number of aliphatic hydroxyl groups is 1. The maximum absolute atomic E-state index is 11.6. The molecule has 4 N–H and O–H groups in total. The van der Waals surface area contributed by atoms with E-state index >= 15 is 0 Å². The topological polar surface area (TPSA) is 146 Å². The van der Waals surface area contributed by atoms with E-state index in [1.807, 2.05) is 39.0 Å². The van der Waals surface area contributed by atoms with Gasteiger partial charge in [0.25, 0.3) is 0 Å². The molecular formula is C24H26N4O5S. The minimum atomic E-state index is -1.17. The average Bonchev–Trinajstić information content (AvgIpc) is 3.24. The first kappa shape index (κ1) is 23.8. The van der Waals surface area contributed by atoms with Gasteiger partial charge in [0.05, 0.1) is 10.8 Å². The average molecular weight is 483 g/mol. The molecule has 1 aromatic carbocycles. The number of carboxylic acids is 2. The second kappa shape index (κ2) is 8.77. The molecule has 178 valence electrons. The molecule has 2 heterocycles. The first-order valence-electron chi connectivity index (χ1n) is 10.8. The van der Waals surface area contributed by atoms with Crippen molar-refractivity contribution in [2.24, 2.45) is 11.3 Å². The quantitative estimate of drug-likeness (QED) is 0.400. The Hall–Kier alpha value is -3.37. The van der Waals surface area contributed by atoms with E-state index in [1.54, 1.807) is 6.20 Å². The number of aliphatic carboxylic acids is 1. The molecule has 1 aliphatic carbocycles. The Balaban J connectivity index is 1.59. The first-order chi connectivity index (χ1) is 16.0. The Morgan fingerprint density at radius 1 is 1.18 bits per heavy atom. The zero-order chi connectivity index (χ0) is 24.7. The molecule has 0 amide bonds. The van der Waals surface area contributed by atoms with Crippen LogP contribution < -0.4 is 5.32 Å². The Labute approximate surface area is 200 Å². The largest absolute Gasteiger partial charge is 0.481 e. The molecule has 9 nitrogen and oxygen atoms in total. The number of anilines is 2. The SMILES string of the molecule is Cc1cc(Nc2nccc(C(=O)O)n2)cc(-c2cnc([C@@]3(O)CC[C@@H](C(=O)O)C(C)(C)C3)s2)c1. The number of aromatic carboxylic acids is 1. The van der Waals surface area contributed by atoms with Gasteiger partial charge in [-0.2, -0.15) is 0 Å². The number of carbonyl (C=O) groups is 2. The Morgan fingerprint density at radius 2 is 1.94 bits per heavy atom. The van der Waals surface area contributed by atoms with Crippen LogP contribution in [0.1, 0.15) is 54.2 Å². The van der Waals surface area contributed by atoms with Gasteiger partial charge in [0.2, 0.25) is 5.95 Å². The molecule has 0 spiro atoms. The summed E-state index contributed by atoms with van der Waals surface area (Å²) in [5.41, 5.74) is 0.693. The molecule has 0 bridgehead atoms. The van der Waals surface area contributed by atoms with Crippen LogP contribution in [0.15, 0.2) is 36.7 Å². The van der Waals surface area contributed by atoms with Crippen LogP contribution in [-0.4, -0.2) is 42.2 Å². The van der Waals surface area contributed by atoms with E-state index in [0.29, 0.717) is 30.0 Å². The lowest BCUT2D eigenvalue weighted by Crippen LogP contribution is -2.44. The molecule has 1 saturated carbocycles. The molecule has 2 aromatic heterocycles. The van der Waals surface area contributed by atoms with Gasteiger partial charge in [-0.3, -0.25) is 4.79 Å². The standard InChI is InChI=1S/C24H26N4O5S/c1-13-8-14(10-15(9-13)27-22-25-7-5-17(28-22)20(31)32)18-11-26-21(34-18)24(33)6-4-16(19(29)30)23(2,3)12-24/h5,7-11,16,33H,4,6,12H2,1-3H3,(H,29,30)(H,31,32)(H,25,27,28)/t16-,24+/m0/s1. The Morgan fingerprint density at radius 3 is 2.62 bits per heavy atom. The van der Waals surface area contributed by atoms with Crippen LogP contribution in [0.3, 0.4) is 0 Å². The number of benzene rings is 1. The van der Waals surface area contributed by atoms with Crippen molar-refractivity contribution in [1.82, 2.24) is 15.0 Å². The van der Waals surface area contributed by atoms with Crippen LogP contribution in [0.5, 0.6) is 0 Å². The molecule has 1 fully saturated rings. The van der Waals surface area contributed by atoms with Crippen molar-refractivity contribution in [1.29, 1.82) is 0 Å². The van der Waals surface area contributed by atoms with Gasteiger partial charge in [0.15, 0.2) is 5.69 Å². The number of carboxylic acid groups (broad SMARTS) is 2. The van der Waals surface area contributed by atoms with Crippen molar-refractivity contribution in [3.05, 3.63) is 52.9 Å². The number of aromatic nitrogens is 3. The van der Waals surface area contributed by atoms with Crippen molar-refractivity contribution in [2.75, 3.05) is 5.32 Å². The number of hydrogen-bond donors (Lipinski definition) is 4. The van der Waals surface area contributed by atoms with Gasteiger partial charge in [0.1, 0.15) is 10.6 Å². The van der Waals surface area contributed by atoms with Gasteiger partial charge in [-0.1, -0.05) is 19.9 Å². The number of aryl methyl sites for hydroxylation is 1. The third-order valence-electron chi connectivity index (χ3n) is 6.23. The molecule has 0 radical (unpaired) electrons. The highest BCUT2D eigenvalue weighted by Gasteiger charge is 2.49. The molecule has 1 aliphatic rings. The van der Waals surface area contributed by atoms with E-state index in [4.69, 9.17) is 5.11 Å². The Bertz CT molecular complexity index is 1260. The molecule has 2 atom stereocenters. The number of nitrogens with zero attached hydrogens (tertiary/aromatic N) is 3. The molecular weight excluding hydrogens is 456 g/mol. The summed E-state index contributed by atoms with van der Waals surface area (Å²) in [5.74, 6) is -2.29. The highest BCUT2D eigenvalue weighted by molar-refractivity contribution is 7.15. The van der Waals surface area contributed by atoms with Gasteiger partial charge in [-0.15, -0.1) is 11.3 Å². The molecule has 3 aromatic rings. The van der Waals surface area contributed by atoms with Gasteiger partial charge in [-0.05, 0) is 60.9 Å². The predicted molar refractivity (Wildman–Crippen MR) is 127 cm³/mol. The van der Waals surface area contributed by atoms with Gasteiger partial charge < -0.3 is 20.6 Å². The maximum atomic E-state index is 11.6. The molecule has 10 heteroatoms. The van der Waals surface area contributed by atoms with Crippen LogP contribution in [0.25, 0.3) is 10.4 Å². The van der Waals surface area contributed by atoms with Crippen LogP contribution >= 0.6 is 11.3 Å². The van der Waals surface area contributed by atoms with Gasteiger partial charge in [-0.25, -0.2) is 19.7 Å². The van der Waals surface area contributed by atoms with Gasteiger partial charge >= 0.3 is 11.9 Å². The minimum absolute atomic E-state index is 0.105. The zero-order valence-electron chi connectivity index (χ0n) is 19.1. The van der Waals surface area contributed by atoms with Crippen molar-refractivity contribution >= 4 is 34.9 Å². The van der Waals surface area contributed by atoms with E-state index in [-0.39, 0.29) is 11.6 Å². The number of nitrogens with one attached hydrogen (secondary N) is 1. The summed E-state index contributed by atoms with van der Waals surface area (Å²) in [6.07, 6.45) is 4.16. The molecule has 0 unspecified atom stereocenters. The third kappa shape index (κ3) is 4.78. The summed E-state index contributed by atoms with van der Waals surface area (Å²) in [6, 6.07) is 7.10. The summed E-state index contributed by atoms with van der Waals surface area (Å²) in [6.45, 7) is 5.70. The van der Waals surface area contributed by atoms with E-state index in [0.717, 1.165) is 16.0 Å². The fourth-order valence-corrected chi connectivity index (χ4v) is 5.69. The third-order valence-corrected chi connectivity index (χ3v) is 7.47. The monoisotopic (exact) mass is 482 g/mol. The summed E-state index contributed by atoms with van der Waals surface area (Å²) in [5, 5.41) is 33.7. The van der Waals surface area contributed by atoms with E-state index in [2.05, 4.69) is 20.3 Å². The second-order valence-corrected chi connectivity index (χ2v) is 10.5. The van der Waals surface area contributed by atoms with E-state index in [9.17, 15) is 19.8 Å². The predicted octanol–water partition coefficient (Wildman–Crippen LogP) is 4.45. The number of hydrogen-bond acceptors (Lipinski definition) is 8. The first-order valence-corrected chi connectivity index (χ1v) is 11.7. The van der Waals surface area contributed by atoms with Crippen LogP contribution in [-0.2, 0) is 10.4 Å². The van der Waals surface area contributed by atoms with Crippen LogP contribution in [0.2, 0.25) is 0 Å². The highest BCUT2D eigenvalue weighted by Crippen LogP contribution is 2.50.